The number of carbonyl (C=O) groups excluding carboxylic acids is 3. The highest BCUT2D eigenvalue weighted by Gasteiger charge is 2.48. The number of fused-ring (bicyclic) bond motifs is 2. The lowest BCUT2D eigenvalue weighted by molar-refractivity contribution is -0.147. The summed E-state index contributed by atoms with van der Waals surface area (Å²) in [5, 5.41) is 8.43. The van der Waals surface area contributed by atoms with Crippen LogP contribution in [0.4, 0.5) is 0 Å². The first-order valence-electron chi connectivity index (χ1n) is 12.6. The second kappa shape index (κ2) is 9.32. The van der Waals surface area contributed by atoms with Crippen molar-refractivity contribution >= 4 is 34.2 Å². The van der Waals surface area contributed by atoms with E-state index in [1.54, 1.807) is 7.11 Å². The monoisotopic (exact) mass is 493 g/mol. The van der Waals surface area contributed by atoms with Gasteiger partial charge >= 0.3 is 0 Å². The van der Waals surface area contributed by atoms with E-state index in [2.05, 4.69) is 24.3 Å². The summed E-state index contributed by atoms with van der Waals surface area (Å²) in [5.41, 5.74) is 2.64. The summed E-state index contributed by atoms with van der Waals surface area (Å²) in [4.78, 5) is 40.7. The molecule has 0 N–H and O–H groups in total. The van der Waals surface area contributed by atoms with E-state index in [0.29, 0.717) is 19.3 Å². The lowest BCUT2D eigenvalue weighted by Crippen LogP contribution is -2.41. The minimum absolute atomic E-state index is 0.258. The Morgan fingerprint density at radius 1 is 0.919 bits per heavy atom. The molecule has 2 heterocycles. The summed E-state index contributed by atoms with van der Waals surface area (Å²) in [5.74, 6) is -0.890. The second-order valence-electron chi connectivity index (χ2n) is 9.76. The first-order valence-corrected chi connectivity index (χ1v) is 12.6. The molecule has 3 amide bonds. The fraction of sp³-hybridized carbons (Fsp3) is 0.267. The van der Waals surface area contributed by atoms with Gasteiger partial charge < -0.3 is 4.74 Å². The van der Waals surface area contributed by atoms with Crippen LogP contribution in [-0.4, -0.2) is 47.0 Å². The van der Waals surface area contributed by atoms with E-state index < -0.39 is 0 Å². The van der Waals surface area contributed by atoms with Gasteiger partial charge in [0.25, 0.3) is 5.91 Å². The van der Waals surface area contributed by atoms with Crippen LogP contribution in [0.5, 0.6) is 5.75 Å². The van der Waals surface area contributed by atoms with Gasteiger partial charge in [0.15, 0.2) is 0 Å². The van der Waals surface area contributed by atoms with E-state index in [-0.39, 0.29) is 42.1 Å². The molecule has 37 heavy (non-hydrogen) atoms. The van der Waals surface area contributed by atoms with E-state index in [9.17, 15) is 14.4 Å². The SMILES string of the molecule is COc1ccc([C@@H]2CC(c3ccc4ccccc4c3)=NN2C(=O)CN2C(=O)[C@H]3CC=CC[C@H]3C2=O)cc1. The zero-order valence-electron chi connectivity index (χ0n) is 20.5. The zero-order chi connectivity index (χ0) is 25.5. The summed E-state index contributed by atoms with van der Waals surface area (Å²) in [7, 11) is 1.61. The molecule has 7 heteroatoms. The number of imide groups is 1. The summed E-state index contributed by atoms with van der Waals surface area (Å²) in [6, 6.07) is 21.5. The van der Waals surface area contributed by atoms with E-state index in [1.165, 1.54) is 5.01 Å². The van der Waals surface area contributed by atoms with Crippen molar-refractivity contribution in [1.29, 1.82) is 0 Å². The van der Waals surface area contributed by atoms with Crippen LogP contribution in [0, 0.1) is 11.8 Å². The smallest absolute Gasteiger partial charge is 0.263 e. The van der Waals surface area contributed by atoms with Gasteiger partial charge in [-0.25, -0.2) is 5.01 Å². The van der Waals surface area contributed by atoms with Gasteiger partial charge in [-0.3, -0.25) is 19.3 Å². The number of hydrazone groups is 1. The first kappa shape index (κ1) is 23.2. The van der Waals surface area contributed by atoms with Crippen LogP contribution in [0.25, 0.3) is 10.8 Å². The third-order valence-corrected chi connectivity index (χ3v) is 7.64. The molecule has 6 rings (SSSR count). The summed E-state index contributed by atoms with van der Waals surface area (Å²) >= 11 is 0. The summed E-state index contributed by atoms with van der Waals surface area (Å²) < 4.78 is 5.30. The van der Waals surface area contributed by atoms with Crippen molar-refractivity contribution in [2.75, 3.05) is 13.7 Å². The lowest BCUT2D eigenvalue weighted by atomic mass is 9.85. The van der Waals surface area contributed by atoms with Crippen LogP contribution in [0.3, 0.4) is 0 Å². The van der Waals surface area contributed by atoms with E-state index >= 15 is 0 Å². The molecule has 0 radical (unpaired) electrons. The standard InChI is InChI=1S/C30H27N3O4/c1-37-23-14-12-20(13-15-23)27-17-26(22-11-10-19-6-2-3-7-21(19)16-22)31-33(27)28(34)18-32-29(35)24-8-4-5-9-25(24)30(32)36/h2-7,10-16,24-25,27H,8-9,17-18H2,1H3/t24-,25+,27-/m0/s1. The Morgan fingerprint density at radius 3 is 2.27 bits per heavy atom. The molecular weight excluding hydrogens is 466 g/mol. The number of methoxy groups -OCH3 is 1. The molecule has 3 atom stereocenters. The average Bonchev–Trinajstić information content (AvgIpc) is 3.49. The molecule has 0 saturated carbocycles. The number of hydrogen-bond donors (Lipinski definition) is 0. The summed E-state index contributed by atoms with van der Waals surface area (Å²) in [6.07, 6.45) is 5.49. The number of ether oxygens (including phenoxy) is 1. The normalized spacial score (nSPS) is 22.9. The fourth-order valence-electron chi connectivity index (χ4n) is 5.60. The van der Waals surface area contributed by atoms with Crippen molar-refractivity contribution in [3.8, 4) is 5.75 Å². The molecular formula is C30H27N3O4. The zero-order valence-corrected chi connectivity index (χ0v) is 20.5. The van der Waals surface area contributed by atoms with Gasteiger partial charge in [-0.15, -0.1) is 0 Å². The Bertz CT molecular complexity index is 1430. The number of nitrogens with zero attached hydrogens (tertiary/aromatic N) is 3. The van der Waals surface area contributed by atoms with E-state index in [1.807, 2.05) is 54.6 Å². The van der Waals surface area contributed by atoms with Crippen LogP contribution in [-0.2, 0) is 14.4 Å². The molecule has 0 aromatic heterocycles. The topological polar surface area (TPSA) is 79.3 Å². The largest absolute Gasteiger partial charge is 0.497 e. The number of amides is 3. The van der Waals surface area contributed by atoms with Crippen LogP contribution in [0.2, 0.25) is 0 Å². The van der Waals surface area contributed by atoms with Gasteiger partial charge in [0.05, 0.1) is 30.7 Å². The number of hydrogen-bond acceptors (Lipinski definition) is 5. The number of benzene rings is 3. The molecule has 0 spiro atoms. The molecule has 1 saturated heterocycles. The molecule has 0 bridgehead atoms. The molecule has 186 valence electrons. The molecule has 7 nitrogen and oxygen atoms in total. The van der Waals surface area contributed by atoms with Gasteiger partial charge in [-0.1, -0.05) is 60.7 Å². The minimum atomic E-state index is -0.370. The van der Waals surface area contributed by atoms with Gasteiger partial charge in [0.1, 0.15) is 12.3 Å². The molecule has 3 aromatic carbocycles. The van der Waals surface area contributed by atoms with E-state index in [0.717, 1.165) is 38.3 Å². The summed E-state index contributed by atoms with van der Waals surface area (Å²) in [6.45, 7) is -0.300. The number of carbonyl (C=O) groups is 3. The van der Waals surface area contributed by atoms with Crippen molar-refractivity contribution in [1.82, 2.24) is 9.91 Å². The van der Waals surface area contributed by atoms with Crippen LogP contribution in [0.15, 0.2) is 84.0 Å². The maximum atomic E-state index is 13.6. The number of likely N-dealkylation sites (tertiary alicyclic amines) is 1. The van der Waals surface area contributed by atoms with Crippen molar-refractivity contribution in [2.45, 2.75) is 25.3 Å². The molecule has 2 aliphatic heterocycles. The molecule has 3 aliphatic rings. The molecule has 0 unspecified atom stereocenters. The highest BCUT2D eigenvalue weighted by molar-refractivity contribution is 6.09. The van der Waals surface area contributed by atoms with Crippen LogP contribution >= 0.6 is 0 Å². The predicted octanol–water partition coefficient (Wildman–Crippen LogP) is 4.48. The minimum Gasteiger partial charge on any atom is -0.497 e. The maximum Gasteiger partial charge on any atom is 0.263 e. The first-order chi connectivity index (χ1) is 18.0. The van der Waals surface area contributed by atoms with Gasteiger partial charge in [-0.2, -0.15) is 5.10 Å². The van der Waals surface area contributed by atoms with E-state index in [4.69, 9.17) is 9.84 Å². The maximum absolute atomic E-state index is 13.6. The quantitative estimate of drug-likeness (QED) is 0.388. The molecule has 1 aliphatic carbocycles. The number of allylic oxidation sites excluding steroid dienone is 2. The van der Waals surface area contributed by atoms with Gasteiger partial charge in [0.2, 0.25) is 11.8 Å². The number of rotatable bonds is 5. The van der Waals surface area contributed by atoms with Gasteiger partial charge in [-0.05, 0) is 52.9 Å². The van der Waals surface area contributed by atoms with Crippen molar-refractivity contribution in [3.05, 3.63) is 90.0 Å². The van der Waals surface area contributed by atoms with Crippen molar-refractivity contribution < 1.29 is 19.1 Å². The fourth-order valence-corrected chi connectivity index (χ4v) is 5.60. The Hall–Kier alpha value is -4.26. The third kappa shape index (κ3) is 4.10. The van der Waals surface area contributed by atoms with Crippen LogP contribution < -0.4 is 4.74 Å². The lowest BCUT2D eigenvalue weighted by Gasteiger charge is -2.24. The Kier molecular flexibility index (Phi) is 5.83. The molecule has 3 aromatic rings. The highest BCUT2D eigenvalue weighted by atomic mass is 16.5. The molecule has 1 fully saturated rings. The van der Waals surface area contributed by atoms with Crippen molar-refractivity contribution in [2.24, 2.45) is 16.9 Å². The second-order valence-corrected chi connectivity index (χ2v) is 9.76. The highest BCUT2D eigenvalue weighted by Crippen LogP contribution is 2.37. The average molecular weight is 494 g/mol. The predicted molar refractivity (Wildman–Crippen MR) is 140 cm³/mol. The Labute approximate surface area is 215 Å². The Morgan fingerprint density at radius 2 is 1.59 bits per heavy atom. The third-order valence-electron chi connectivity index (χ3n) is 7.64. The Balaban J connectivity index is 1.31. The van der Waals surface area contributed by atoms with Crippen LogP contribution in [0.1, 0.15) is 36.4 Å². The van der Waals surface area contributed by atoms with Gasteiger partial charge in [0, 0.05) is 6.42 Å². The van der Waals surface area contributed by atoms with Crippen molar-refractivity contribution in [3.63, 3.8) is 0 Å².